The van der Waals surface area contributed by atoms with Gasteiger partial charge in [0.05, 0.1) is 0 Å². The molecule has 2 aromatic rings. The van der Waals surface area contributed by atoms with Gasteiger partial charge in [0.25, 0.3) is 0 Å². The molecule has 1 saturated heterocycles. The van der Waals surface area contributed by atoms with E-state index in [1.807, 2.05) is 0 Å². The third-order valence-corrected chi connectivity index (χ3v) is 6.55. The van der Waals surface area contributed by atoms with Crippen molar-refractivity contribution in [1.82, 2.24) is 14.2 Å². The molecule has 0 radical (unpaired) electrons. The molecule has 8 nitrogen and oxygen atoms in total. The number of carbonyl (C=O) groups is 2. The van der Waals surface area contributed by atoms with E-state index in [-0.39, 0.29) is 27.6 Å². The highest BCUT2D eigenvalue weighted by molar-refractivity contribution is 7.11. The minimum absolute atomic E-state index is 0.0169. The summed E-state index contributed by atoms with van der Waals surface area (Å²) in [6.07, 6.45) is 5.59. The van der Waals surface area contributed by atoms with Gasteiger partial charge in [-0.15, -0.1) is 0 Å². The van der Waals surface area contributed by atoms with Gasteiger partial charge in [-0.2, -0.15) is 4.37 Å². The Labute approximate surface area is 201 Å². The molecule has 0 atom stereocenters. The molecule has 1 aliphatic heterocycles. The highest BCUT2D eigenvalue weighted by Crippen LogP contribution is 2.31. The average Bonchev–Trinajstić information content (AvgIpc) is 3.21. The van der Waals surface area contributed by atoms with Crippen molar-refractivity contribution in [2.75, 3.05) is 38.5 Å². The molecule has 0 aliphatic carbocycles. The van der Waals surface area contributed by atoms with Crippen molar-refractivity contribution in [1.29, 1.82) is 0 Å². The first-order valence-electron chi connectivity index (χ1n) is 11.3. The summed E-state index contributed by atoms with van der Waals surface area (Å²) in [6.45, 7) is 4.84. The van der Waals surface area contributed by atoms with E-state index in [2.05, 4.69) is 14.6 Å². The van der Waals surface area contributed by atoms with Gasteiger partial charge in [0.1, 0.15) is 23.2 Å². The van der Waals surface area contributed by atoms with Crippen LogP contribution in [0.1, 0.15) is 53.6 Å². The number of piperidine rings is 1. The number of hydrogen-bond donors (Lipinski definition) is 2. The summed E-state index contributed by atoms with van der Waals surface area (Å²) in [5.74, 6) is -2.87. The molecule has 2 N–H and O–H groups in total. The number of aromatic carboxylic acids is 1. The van der Waals surface area contributed by atoms with Crippen LogP contribution in [0, 0.1) is 18.6 Å². The number of rotatable bonds is 10. The van der Waals surface area contributed by atoms with E-state index < -0.39 is 30.2 Å². The predicted octanol–water partition coefficient (Wildman–Crippen LogP) is 4.74. The van der Waals surface area contributed by atoms with Crippen molar-refractivity contribution in [2.45, 2.75) is 45.6 Å². The highest BCUT2D eigenvalue weighted by Gasteiger charge is 2.25. The maximum absolute atomic E-state index is 14.0. The number of ether oxygens (including phenoxy) is 1. The van der Waals surface area contributed by atoms with Crippen LogP contribution in [0.25, 0.3) is 0 Å². The number of urea groups is 1. The Balaban J connectivity index is 1.54. The minimum atomic E-state index is -1.35. The lowest BCUT2D eigenvalue weighted by Crippen LogP contribution is -2.33. The SMILES string of the molecule is Cc1cc(F)c(COc2nsc(NC(=O)N(C)CCCCN3CCCCC3)c2C(=O)O)cc1F. The Kier molecular flexibility index (Phi) is 9.17. The maximum atomic E-state index is 14.0. The van der Waals surface area contributed by atoms with Gasteiger partial charge in [-0.3, -0.25) is 5.32 Å². The summed E-state index contributed by atoms with van der Waals surface area (Å²) in [6, 6.07) is 1.59. The third kappa shape index (κ3) is 6.86. The van der Waals surface area contributed by atoms with Crippen molar-refractivity contribution in [2.24, 2.45) is 0 Å². The number of hydrogen-bond acceptors (Lipinski definition) is 6. The largest absolute Gasteiger partial charge is 0.477 e. The molecule has 1 aromatic heterocycles. The summed E-state index contributed by atoms with van der Waals surface area (Å²) in [5.41, 5.74) is -0.242. The molecule has 34 heavy (non-hydrogen) atoms. The number of anilines is 1. The average molecular weight is 497 g/mol. The Morgan fingerprint density at radius 1 is 1.21 bits per heavy atom. The fraction of sp³-hybridized carbons (Fsp3) is 0.522. The molecule has 2 amide bonds. The normalized spacial score (nSPS) is 14.1. The van der Waals surface area contributed by atoms with Crippen LogP contribution in [0.4, 0.5) is 18.6 Å². The molecule has 11 heteroatoms. The molecule has 0 saturated carbocycles. The lowest BCUT2D eigenvalue weighted by molar-refractivity contribution is 0.0693. The molecule has 0 unspecified atom stereocenters. The number of aryl methyl sites for hydroxylation is 1. The zero-order chi connectivity index (χ0) is 24.7. The number of carbonyl (C=O) groups excluding carboxylic acids is 1. The van der Waals surface area contributed by atoms with Crippen molar-refractivity contribution in [3.63, 3.8) is 0 Å². The number of halogens is 2. The Morgan fingerprint density at radius 3 is 2.65 bits per heavy atom. The second kappa shape index (κ2) is 12.1. The molecular formula is C23H30F2N4O4S. The number of unbranched alkanes of at least 4 members (excludes halogenated alkanes) is 1. The van der Waals surface area contributed by atoms with Gasteiger partial charge >= 0.3 is 12.0 Å². The van der Waals surface area contributed by atoms with Crippen molar-refractivity contribution >= 4 is 28.5 Å². The minimum Gasteiger partial charge on any atom is -0.477 e. The number of amides is 2. The first-order valence-corrected chi connectivity index (χ1v) is 12.1. The quantitative estimate of drug-likeness (QED) is 0.462. The monoisotopic (exact) mass is 496 g/mol. The number of aromatic nitrogens is 1. The van der Waals surface area contributed by atoms with Gasteiger partial charge in [-0.25, -0.2) is 18.4 Å². The van der Waals surface area contributed by atoms with Crippen LogP contribution in [0.3, 0.4) is 0 Å². The highest BCUT2D eigenvalue weighted by atomic mass is 32.1. The lowest BCUT2D eigenvalue weighted by Gasteiger charge is -2.26. The summed E-state index contributed by atoms with van der Waals surface area (Å²) in [5, 5.41) is 12.2. The smallest absolute Gasteiger partial charge is 0.344 e. The fourth-order valence-electron chi connectivity index (χ4n) is 3.75. The first kappa shape index (κ1) is 25.8. The second-order valence-corrected chi connectivity index (χ2v) is 9.21. The number of carboxylic acids is 1. The Hall–Kier alpha value is -2.79. The second-order valence-electron chi connectivity index (χ2n) is 8.44. The van der Waals surface area contributed by atoms with Crippen LogP contribution in [-0.2, 0) is 6.61 Å². The maximum Gasteiger partial charge on any atom is 0.344 e. The topological polar surface area (TPSA) is 95.0 Å². The summed E-state index contributed by atoms with van der Waals surface area (Å²) >= 11 is 0.753. The number of benzene rings is 1. The summed E-state index contributed by atoms with van der Waals surface area (Å²) in [4.78, 5) is 28.3. The summed E-state index contributed by atoms with van der Waals surface area (Å²) < 4.78 is 37.1. The van der Waals surface area contributed by atoms with Gasteiger partial charge in [-0.05, 0) is 81.5 Å². The zero-order valence-corrected chi connectivity index (χ0v) is 20.2. The van der Waals surface area contributed by atoms with Crippen molar-refractivity contribution < 1.29 is 28.2 Å². The van der Waals surface area contributed by atoms with Gasteiger partial charge in [0.15, 0.2) is 5.56 Å². The molecule has 1 fully saturated rings. The number of likely N-dealkylation sites (tertiary alicyclic amines) is 1. The molecule has 3 rings (SSSR count). The molecule has 1 aliphatic rings. The Morgan fingerprint density at radius 2 is 1.94 bits per heavy atom. The van der Waals surface area contributed by atoms with E-state index in [4.69, 9.17) is 4.74 Å². The van der Waals surface area contributed by atoms with Crippen LogP contribution in [0.2, 0.25) is 0 Å². The zero-order valence-electron chi connectivity index (χ0n) is 19.4. The van der Waals surface area contributed by atoms with Gasteiger partial charge in [-0.1, -0.05) is 6.42 Å². The molecule has 1 aromatic carbocycles. The van der Waals surface area contributed by atoms with Crippen molar-refractivity contribution in [3.05, 3.63) is 40.5 Å². The number of nitrogens with one attached hydrogen (secondary N) is 1. The fourth-order valence-corrected chi connectivity index (χ4v) is 4.47. The van der Waals surface area contributed by atoms with E-state index in [1.54, 1.807) is 7.05 Å². The van der Waals surface area contributed by atoms with E-state index in [0.29, 0.717) is 6.54 Å². The molecule has 0 spiro atoms. The van der Waals surface area contributed by atoms with Crippen LogP contribution in [0.5, 0.6) is 5.88 Å². The third-order valence-electron chi connectivity index (χ3n) is 5.80. The lowest BCUT2D eigenvalue weighted by atomic mass is 10.1. The first-order chi connectivity index (χ1) is 16.3. The molecule has 186 valence electrons. The van der Waals surface area contributed by atoms with E-state index >= 15 is 0 Å². The van der Waals surface area contributed by atoms with Crippen LogP contribution in [-0.4, -0.2) is 64.5 Å². The van der Waals surface area contributed by atoms with Crippen molar-refractivity contribution in [3.8, 4) is 5.88 Å². The summed E-state index contributed by atoms with van der Waals surface area (Å²) in [7, 11) is 1.64. The van der Waals surface area contributed by atoms with Crippen LogP contribution >= 0.6 is 11.5 Å². The van der Waals surface area contributed by atoms with Gasteiger partial charge in [0, 0.05) is 19.2 Å². The van der Waals surface area contributed by atoms with Gasteiger partial charge < -0.3 is 19.6 Å². The van der Waals surface area contributed by atoms with E-state index in [9.17, 15) is 23.5 Å². The van der Waals surface area contributed by atoms with Crippen LogP contribution in [0.15, 0.2) is 12.1 Å². The molecule has 0 bridgehead atoms. The Bertz CT molecular complexity index is 1010. The van der Waals surface area contributed by atoms with E-state index in [0.717, 1.165) is 56.1 Å². The van der Waals surface area contributed by atoms with Gasteiger partial charge in [0.2, 0.25) is 5.88 Å². The van der Waals surface area contributed by atoms with E-state index in [1.165, 1.54) is 31.1 Å². The predicted molar refractivity (Wildman–Crippen MR) is 126 cm³/mol. The van der Waals surface area contributed by atoms with Crippen LogP contribution < -0.4 is 10.1 Å². The standard InChI is InChI=1S/C23H30F2N4O4S/c1-15-12-18(25)16(13-17(15)24)14-33-20-19(22(30)31)21(34-27-20)26-23(32)28(2)8-6-7-11-29-9-4-3-5-10-29/h12-13H,3-11,14H2,1-2H3,(H,26,32)(H,30,31). The molecular weight excluding hydrogens is 466 g/mol. The molecule has 2 heterocycles. The number of nitrogens with zero attached hydrogens (tertiary/aromatic N) is 3. The number of carboxylic acid groups (broad SMARTS) is 1.